The Bertz CT molecular complexity index is 265. The zero-order valence-corrected chi connectivity index (χ0v) is 11.0. The zero-order chi connectivity index (χ0) is 9.84. The number of hydrogen-bond donors (Lipinski definition) is 0. The first-order chi connectivity index (χ1) is 6.15. The van der Waals surface area contributed by atoms with Gasteiger partial charge in [0.15, 0.2) is 0 Å². The first-order valence-corrected chi connectivity index (χ1v) is 6.59. The van der Waals surface area contributed by atoms with Gasteiger partial charge in [-0.3, -0.25) is 0 Å². The summed E-state index contributed by atoms with van der Waals surface area (Å²) in [4.78, 5) is 3.46. The van der Waals surface area contributed by atoms with Crippen molar-refractivity contribution in [2.24, 2.45) is 0 Å². The molecule has 1 unspecified atom stereocenters. The summed E-state index contributed by atoms with van der Waals surface area (Å²) in [5.74, 6) is 0. The summed E-state index contributed by atoms with van der Waals surface area (Å²) in [7, 11) is 0. The van der Waals surface area contributed by atoms with E-state index in [1.165, 1.54) is 34.6 Å². The van der Waals surface area contributed by atoms with Gasteiger partial charge in [-0.1, -0.05) is 35.7 Å². The van der Waals surface area contributed by atoms with E-state index in [1.54, 1.807) is 0 Å². The predicted octanol–water partition coefficient (Wildman–Crippen LogP) is 4.99. The molecule has 0 bridgehead atoms. The van der Waals surface area contributed by atoms with Crippen LogP contribution >= 0.6 is 27.3 Å². The van der Waals surface area contributed by atoms with E-state index in [9.17, 15) is 0 Å². The summed E-state index contributed by atoms with van der Waals surface area (Å²) < 4.78 is 0. The molecule has 1 aromatic heterocycles. The molecule has 0 saturated carbocycles. The van der Waals surface area contributed by atoms with E-state index < -0.39 is 0 Å². The lowest BCUT2D eigenvalue weighted by molar-refractivity contribution is 0.712. The van der Waals surface area contributed by atoms with Crippen LogP contribution in [0, 0.1) is 13.8 Å². The van der Waals surface area contributed by atoms with Gasteiger partial charge >= 0.3 is 0 Å². The lowest BCUT2D eigenvalue weighted by Crippen LogP contribution is -1.89. The van der Waals surface area contributed by atoms with Crippen LogP contribution in [-0.4, -0.2) is 0 Å². The van der Waals surface area contributed by atoms with E-state index >= 15 is 0 Å². The molecule has 0 aliphatic heterocycles. The van der Waals surface area contributed by atoms with E-state index in [-0.39, 0.29) is 0 Å². The summed E-state index contributed by atoms with van der Waals surface area (Å²) in [6, 6.07) is 2.31. The van der Waals surface area contributed by atoms with Gasteiger partial charge in [-0.25, -0.2) is 0 Å². The van der Waals surface area contributed by atoms with E-state index in [0.29, 0.717) is 4.83 Å². The first kappa shape index (κ1) is 11.3. The summed E-state index contributed by atoms with van der Waals surface area (Å²) in [6.45, 7) is 6.64. The van der Waals surface area contributed by atoms with Gasteiger partial charge in [0.25, 0.3) is 0 Å². The molecule has 0 aliphatic rings. The molecular weight excluding hydrogens is 244 g/mol. The predicted molar refractivity (Wildman–Crippen MR) is 65.0 cm³/mol. The third kappa shape index (κ3) is 3.10. The Labute approximate surface area is 93.5 Å². The molecule has 1 heterocycles. The van der Waals surface area contributed by atoms with Gasteiger partial charge in [0.1, 0.15) is 0 Å². The van der Waals surface area contributed by atoms with Crippen molar-refractivity contribution in [3.8, 4) is 0 Å². The van der Waals surface area contributed by atoms with Crippen LogP contribution in [0.15, 0.2) is 6.07 Å². The fourth-order valence-corrected chi connectivity index (χ4v) is 3.44. The third-order valence-corrected chi connectivity index (χ3v) is 4.16. The second kappa shape index (κ2) is 5.16. The van der Waals surface area contributed by atoms with E-state index in [0.717, 1.165) is 0 Å². The average molecular weight is 261 g/mol. The third-order valence-electron chi connectivity index (χ3n) is 2.23. The van der Waals surface area contributed by atoms with Crippen molar-refractivity contribution >= 4 is 27.3 Å². The molecule has 0 nitrogen and oxygen atoms in total. The summed E-state index contributed by atoms with van der Waals surface area (Å²) in [5.41, 5.74) is 1.50. The van der Waals surface area contributed by atoms with Gasteiger partial charge in [0.05, 0.1) is 0 Å². The molecule has 0 N–H and O–H groups in total. The highest BCUT2D eigenvalue weighted by atomic mass is 79.9. The van der Waals surface area contributed by atoms with Crippen molar-refractivity contribution in [1.82, 2.24) is 0 Å². The van der Waals surface area contributed by atoms with Crippen molar-refractivity contribution < 1.29 is 0 Å². The van der Waals surface area contributed by atoms with Gasteiger partial charge in [-0.2, -0.15) is 0 Å². The second-order valence-corrected chi connectivity index (χ2v) is 6.04. The van der Waals surface area contributed by atoms with Gasteiger partial charge < -0.3 is 0 Å². The van der Waals surface area contributed by atoms with Crippen molar-refractivity contribution in [1.29, 1.82) is 0 Å². The Morgan fingerprint density at radius 1 is 1.46 bits per heavy atom. The highest BCUT2D eigenvalue weighted by molar-refractivity contribution is 9.09. The molecule has 2 heteroatoms. The van der Waals surface area contributed by atoms with Crippen LogP contribution < -0.4 is 0 Å². The summed E-state index contributed by atoms with van der Waals surface area (Å²) in [5, 5.41) is 0. The second-order valence-electron chi connectivity index (χ2n) is 3.48. The molecule has 0 radical (unpaired) electrons. The minimum absolute atomic E-state index is 0.567. The number of thiophene rings is 1. The molecule has 13 heavy (non-hydrogen) atoms. The Balaban J connectivity index is 2.64. The maximum Gasteiger partial charge on any atom is 0.0406 e. The normalized spacial score (nSPS) is 13.2. The molecule has 1 rings (SSSR count). The molecular formula is C11H17BrS. The van der Waals surface area contributed by atoms with Gasteiger partial charge in [-0.05, 0) is 31.9 Å². The fourth-order valence-electron chi connectivity index (χ4n) is 1.50. The minimum atomic E-state index is 0.567. The van der Waals surface area contributed by atoms with Crippen molar-refractivity contribution in [2.45, 2.75) is 44.9 Å². The van der Waals surface area contributed by atoms with Crippen LogP contribution in [0.4, 0.5) is 0 Å². The van der Waals surface area contributed by atoms with E-state index in [2.05, 4.69) is 42.8 Å². The van der Waals surface area contributed by atoms with Crippen molar-refractivity contribution in [2.75, 3.05) is 0 Å². The molecule has 74 valence electrons. The van der Waals surface area contributed by atoms with Crippen LogP contribution in [0.2, 0.25) is 0 Å². The van der Waals surface area contributed by atoms with Gasteiger partial charge in [0.2, 0.25) is 0 Å². The van der Waals surface area contributed by atoms with Crippen molar-refractivity contribution in [3.63, 3.8) is 0 Å². The Kier molecular flexibility index (Phi) is 4.47. The topological polar surface area (TPSA) is 0 Å². The number of hydrogen-bond acceptors (Lipinski definition) is 1. The molecule has 1 atom stereocenters. The summed E-state index contributed by atoms with van der Waals surface area (Å²) in [6.07, 6.45) is 3.85. The standard InChI is InChI=1S/C11H17BrS/c1-4-5-6-11(12)10-7-8(2)13-9(10)3/h7,11H,4-6H2,1-3H3. The molecule has 0 fully saturated rings. The van der Waals surface area contributed by atoms with Gasteiger partial charge in [0, 0.05) is 14.6 Å². The lowest BCUT2D eigenvalue weighted by Gasteiger charge is -2.07. The van der Waals surface area contributed by atoms with E-state index in [1.807, 2.05) is 11.3 Å². The van der Waals surface area contributed by atoms with Crippen LogP contribution in [0.25, 0.3) is 0 Å². The highest BCUT2D eigenvalue weighted by Gasteiger charge is 2.11. The number of halogens is 1. The minimum Gasteiger partial charge on any atom is -0.146 e. The molecule has 0 saturated heterocycles. The molecule has 1 aromatic rings. The Morgan fingerprint density at radius 3 is 2.62 bits per heavy atom. The molecule has 0 spiro atoms. The maximum absolute atomic E-state index is 3.76. The summed E-state index contributed by atoms with van der Waals surface area (Å²) >= 11 is 5.66. The zero-order valence-electron chi connectivity index (χ0n) is 8.56. The van der Waals surface area contributed by atoms with Crippen LogP contribution in [0.1, 0.15) is 46.3 Å². The monoisotopic (exact) mass is 260 g/mol. The number of alkyl halides is 1. The van der Waals surface area contributed by atoms with Crippen LogP contribution in [-0.2, 0) is 0 Å². The fraction of sp³-hybridized carbons (Fsp3) is 0.636. The maximum atomic E-state index is 3.76. The van der Waals surface area contributed by atoms with Crippen LogP contribution in [0.5, 0.6) is 0 Å². The van der Waals surface area contributed by atoms with Crippen LogP contribution in [0.3, 0.4) is 0 Å². The van der Waals surface area contributed by atoms with E-state index in [4.69, 9.17) is 0 Å². The Morgan fingerprint density at radius 2 is 2.15 bits per heavy atom. The smallest absolute Gasteiger partial charge is 0.0406 e. The molecule has 0 aliphatic carbocycles. The lowest BCUT2D eigenvalue weighted by atomic mass is 10.1. The SMILES string of the molecule is CCCCC(Br)c1cc(C)sc1C. The molecule has 0 amide bonds. The Hall–Kier alpha value is 0.180. The quantitative estimate of drug-likeness (QED) is 0.670. The van der Waals surface area contributed by atoms with Gasteiger partial charge in [-0.15, -0.1) is 11.3 Å². The number of unbranched alkanes of at least 4 members (excludes halogenated alkanes) is 1. The molecule has 0 aromatic carbocycles. The number of aryl methyl sites for hydroxylation is 2. The van der Waals surface area contributed by atoms with Crippen molar-refractivity contribution in [3.05, 3.63) is 21.4 Å². The first-order valence-electron chi connectivity index (χ1n) is 4.86. The highest BCUT2D eigenvalue weighted by Crippen LogP contribution is 2.34. The largest absolute Gasteiger partial charge is 0.146 e. The average Bonchev–Trinajstić information content (AvgIpc) is 2.41. The number of rotatable bonds is 4.